The Balaban J connectivity index is 0.000000810. The molecular weight excluding hydrogens is 257 g/mol. The minimum Gasteiger partial charge on any atom is -1.00 e. The van der Waals surface area contributed by atoms with Crippen LogP contribution in [0.5, 0.6) is 0 Å². The van der Waals surface area contributed by atoms with Crippen molar-refractivity contribution in [1.82, 2.24) is 0 Å². The lowest BCUT2D eigenvalue weighted by atomic mass is 10.5. The Kier molecular flexibility index (Phi) is 5.18. The molecule has 0 fully saturated rings. The highest BCUT2D eigenvalue weighted by Crippen LogP contribution is 2.09. The van der Waals surface area contributed by atoms with E-state index in [1.807, 2.05) is 11.8 Å². The molecule has 1 rings (SSSR count). The molecule has 0 spiro atoms. The minimum atomic E-state index is 0. The van der Waals surface area contributed by atoms with E-state index in [-0.39, 0.29) is 24.0 Å². The molecule has 10 heavy (non-hydrogen) atoms. The Morgan fingerprint density at radius 1 is 1.80 bits per heavy atom. The van der Waals surface area contributed by atoms with Gasteiger partial charge in [-0.1, -0.05) is 11.8 Å². The summed E-state index contributed by atoms with van der Waals surface area (Å²) in [5.41, 5.74) is 0. The molecule has 1 heterocycles. The zero-order valence-electron chi connectivity index (χ0n) is 5.93. The maximum atomic E-state index is 5.16. The highest BCUT2D eigenvalue weighted by Gasteiger charge is 2.16. The summed E-state index contributed by atoms with van der Waals surface area (Å²) in [7, 11) is 0. The number of thioether (sulfide) groups is 1. The van der Waals surface area contributed by atoms with Gasteiger partial charge in [0, 0.05) is 6.92 Å². The topological polar surface area (TPSA) is 3.01 Å². The fourth-order valence-electron chi connectivity index (χ4n) is 0.853. The fraction of sp³-hybridized carbons (Fsp3) is 0.571. The van der Waals surface area contributed by atoms with Crippen LogP contribution < -0.4 is 24.0 Å². The van der Waals surface area contributed by atoms with Crippen molar-refractivity contribution in [2.24, 2.45) is 0 Å². The van der Waals surface area contributed by atoms with Crippen molar-refractivity contribution in [3.8, 4) is 12.3 Å². The van der Waals surface area contributed by atoms with E-state index in [1.165, 1.54) is 10.8 Å². The summed E-state index contributed by atoms with van der Waals surface area (Å²) >= 11 is 1.89. The van der Waals surface area contributed by atoms with E-state index < -0.39 is 0 Å². The number of hydrogen-bond acceptors (Lipinski definition) is 1. The van der Waals surface area contributed by atoms with Crippen molar-refractivity contribution in [3.05, 3.63) is 0 Å². The van der Waals surface area contributed by atoms with Crippen molar-refractivity contribution in [2.45, 2.75) is 6.92 Å². The Morgan fingerprint density at radius 2 is 2.50 bits per heavy atom. The molecule has 1 nitrogen and oxygen atoms in total. The third-order valence-electron chi connectivity index (χ3n) is 1.40. The average Bonchev–Trinajstić information content (AvgIpc) is 2.18. The lowest BCUT2D eigenvalue weighted by molar-refractivity contribution is -0.505. The van der Waals surface area contributed by atoms with Gasteiger partial charge < -0.3 is 24.0 Å². The Bertz CT molecular complexity index is 181. The van der Waals surface area contributed by atoms with Gasteiger partial charge in [-0.25, -0.2) is 4.58 Å². The van der Waals surface area contributed by atoms with Crippen LogP contribution in [0.4, 0.5) is 0 Å². The molecule has 0 N–H and O–H groups in total. The molecule has 0 radical (unpaired) electrons. The maximum Gasteiger partial charge on any atom is 0.208 e. The average molecular weight is 267 g/mol. The number of halogens is 1. The quantitative estimate of drug-likeness (QED) is 0.296. The van der Waals surface area contributed by atoms with Gasteiger partial charge in [-0.2, -0.15) is 0 Å². The molecule has 0 aromatic heterocycles. The predicted octanol–water partition coefficient (Wildman–Crippen LogP) is -2.20. The van der Waals surface area contributed by atoms with Crippen LogP contribution in [-0.2, 0) is 0 Å². The lowest BCUT2D eigenvalue weighted by Gasteiger charge is -1.89. The van der Waals surface area contributed by atoms with Gasteiger partial charge in [0.2, 0.25) is 11.6 Å². The van der Waals surface area contributed by atoms with Gasteiger partial charge >= 0.3 is 0 Å². The second-order valence-electron chi connectivity index (χ2n) is 1.99. The fourth-order valence-corrected chi connectivity index (χ4v) is 1.80. The molecule has 0 atom stereocenters. The Labute approximate surface area is 83.3 Å². The minimum absolute atomic E-state index is 0. The molecule has 0 bridgehead atoms. The Morgan fingerprint density at radius 3 is 2.90 bits per heavy atom. The third-order valence-corrected chi connectivity index (χ3v) is 2.46. The molecule has 1 aliphatic heterocycles. The van der Waals surface area contributed by atoms with Crippen molar-refractivity contribution in [1.29, 1.82) is 0 Å². The number of terminal acetylenes is 1. The largest absolute Gasteiger partial charge is 1.00 e. The smallest absolute Gasteiger partial charge is 0.208 e. The van der Waals surface area contributed by atoms with E-state index in [9.17, 15) is 0 Å². The first-order chi connectivity index (χ1) is 4.34. The van der Waals surface area contributed by atoms with Gasteiger partial charge in [0.25, 0.3) is 0 Å². The van der Waals surface area contributed by atoms with E-state index >= 15 is 0 Å². The summed E-state index contributed by atoms with van der Waals surface area (Å²) in [6.07, 6.45) is 5.16. The lowest BCUT2D eigenvalue weighted by Crippen LogP contribution is -3.00. The standard InChI is InChI=1S/C7H10NS.HI/c1-3-4-8-5-6-9-7(8)2;/h1H,4-6H2,2H3;1H/q+1;/p-1. The first kappa shape index (κ1) is 10.3. The first-order valence-corrected chi connectivity index (χ1v) is 3.98. The normalized spacial score (nSPS) is 16.4. The predicted molar refractivity (Wildman–Crippen MR) is 42.0 cm³/mol. The van der Waals surface area contributed by atoms with Gasteiger partial charge in [0.05, 0.1) is 5.75 Å². The van der Waals surface area contributed by atoms with E-state index in [0.717, 1.165) is 13.1 Å². The number of hydrogen-bond donors (Lipinski definition) is 0. The van der Waals surface area contributed by atoms with E-state index in [2.05, 4.69) is 17.4 Å². The van der Waals surface area contributed by atoms with E-state index in [4.69, 9.17) is 6.42 Å². The summed E-state index contributed by atoms with van der Waals surface area (Å²) in [5.74, 6) is 3.83. The third kappa shape index (κ3) is 2.51. The summed E-state index contributed by atoms with van der Waals surface area (Å²) in [6.45, 7) is 4.02. The van der Waals surface area contributed by atoms with Crippen LogP contribution >= 0.6 is 11.8 Å². The van der Waals surface area contributed by atoms with Crippen LogP contribution in [0.1, 0.15) is 6.92 Å². The van der Waals surface area contributed by atoms with Gasteiger partial charge in [0.15, 0.2) is 6.54 Å². The second kappa shape index (κ2) is 5.03. The summed E-state index contributed by atoms with van der Waals surface area (Å²) in [4.78, 5) is 0. The van der Waals surface area contributed by atoms with Crippen LogP contribution in [-0.4, -0.2) is 28.5 Å². The van der Waals surface area contributed by atoms with Crippen molar-refractivity contribution < 1.29 is 28.6 Å². The molecule has 0 aromatic carbocycles. The number of rotatable bonds is 1. The van der Waals surface area contributed by atoms with Crippen LogP contribution in [0.25, 0.3) is 0 Å². The van der Waals surface area contributed by atoms with Crippen molar-refractivity contribution in [2.75, 3.05) is 18.8 Å². The SMILES string of the molecule is C#CC[N+]1=C(C)SCC1.[I-]. The highest BCUT2D eigenvalue weighted by atomic mass is 127. The first-order valence-electron chi connectivity index (χ1n) is 2.99. The second-order valence-corrected chi connectivity index (χ2v) is 3.28. The summed E-state index contributed by atoms with van der Waals surface area (Å²) < 4.78 is 2.23. The van der Waals surface area contributed by atoms with E-state index in [0.29, 0.717) is 0 Å². The molecule has 1 aliphatic rings. The molecule has 0 saturated heterocycles. The zero-order valence-corrected chi connectivity index (χ0v) is 8.91. The Hall–Kier alpha value is 0.310. The molecule has 0 amide bonds. The molecule has 0 unspecified atom stereocenters. The molecule has 56 valence electrons. The van der Waals surface area contributed by atoms with Crippen molar-refractivity contribution >= 4 is 16.8 Å². The van der Waals surface area contributed by atoms with Gasteiger partial charge in [-0.15, -0.1) is 6.42 Å². The monoisotopic (exact) mass is 267 g/mol. The van der Waals surface area contributed by atoms with Crippen LogP contribution in [0.3, 0.4) is 0 Å². The van der Waals surface area contributed by atoms with Gasteiger partial charge in [-0.05, 0) is 5.92 Å². The van der Waals surface area contributed by atoms with Crippen LogP contribution in [0.15, 0.2) is 0 Å². The van der Waals surface area contributed by atoms with Gasteiger partial charge in [-0.3, -0.25) is 0 Å². The summed E-state index contributed by atoms with van der Waals surface area (Å²) in [6, 6.07) is 0. The molecule has 0 aliphatic carbocycles. The molecule has 0 saturated carbocycles. The van der Waals surface area contributed by atoms with E-state index in [1.54, 1.807) is 0 Å². The number of nitrogens with zero attached hydrogens (tertiary/aromatic N) is 1. The molecular formula is C7H10INS. The van der Waals surface area contributed by atoms with Gasteiger partial charge in [0.1, 0.15) is 0 Å². The van der Waals surface area contributed by atoms with Crippen LogP contribution in [0.2, 0.25) is 0 Å². The van der Waals surface area contributed by atoms with Crippen molar-refractivity contribution in [3.63, 3.8) is 0 Å². The molecule has 3 heteroatoms. The highest BCUT2D eigenvalue weighted by molar-refractivity contribution is 8.13. The zero-order chi connectivity index (χ0) is 6.69. The molecule has 0 aromatic rings. The maximum absolute atomic E-state index is 5.16. The summed E-state index contributed by atoms with van der Waals surface area (Å²) in [5, 5.41) is 1.37. The van der Waals surface area contributed by atoms with Crippen LogP contribution in [0, 0.1) is 12.3 Å².